The Labute approximate surface area is 160 Å². The second-order valence-corrected chi connectivity index (χ2v) is 7.61. The maximum Gasteiger partial charge on any atom is 0.159 e. The lowest BCUT2D eigenvalue weighted by atomic mass is 9.79. The maximum atomic E-state index is 13.3. The van der Waals surface area contributed by atoms with Gasteiger partial charge in [-0.2, -0.15) is 0 Å². The summed E-state index contributed by atoms with van der Waals surface area (Å²) in [4.78, 5) is 8.86. The highest BCUT2D eigenvalue weighted by Crippen LogP contribution is 2.32. The average Bonchev–Trinajstić information content (AvgIpc) is 2.68. The zero-order valence-corrected chi connectivity index (χ0v) is 16.1. The largest absolute Gasteiger partial charge is 0.236 e. The lowest BCUT2D eigenvalue weighted by molar-refractivity contribution is 0.296. The molecule has 0 aliphatic heterocycles. The third-order valence-electron chi connectivity index (χ3n) is 5.26. The summed E-state index contributed by atoms with van der Waals surface area (Å²) in [6.07, 6.45) is 17.1. The number of aryl methyl sites for hydroxylation is 1. The highest BCUT2D eigenvalue weighted by Gasteiger charge is 2.19. The van der Waals surface area contributed by atoms with Gasteiger partial charge in [0.25, 0.3) is 0 Å². The van der Waals surface area contributed by atoms with Gasteiger partial charge < -0.3 is 0 Å². The van der Waals surface area contributed by atoms with E-state index in [1.807, 2.05) is 12.4 Å². The molecule has 0 N–H and O–H groups in total. The van der Waals surface area contributed by atoms with E-state index in [9.17, 15) is 4.39 Å². The monoisotopic (exact) mass is 372 g/mol. The molecule has 1 fully saturated rings. The molecule has 0 saturated heterocycles. The molecule has 1 aromatic carbocycles. The molecule has 138 valence electrons. The number of halogens is 2. The van der Waals surface area contributed by atoms with Crippen molar-refractivity contribution in [1.82, 2.24) is 9.97 Å². The van der Waals surface area contributed by atoms with E-state index < -0.39 is 5.82 Å². The first kappa shape index (κ1) is 19.0. The standard InChI is InChI=1S/C22H26ClFN2/c1-2-3-4-16-5-7-17(8-6-16)9-10-18-14-25-22(26-15-18)19-11-12-21(24)20(23)13-19/h3-4,11-17H,2,5-10H2,1H3/t16-,17-. The highest BCUT2D eigenvalue weighted by atomic mass is 35.5. The van der Waals surface area contributed by atoms with Crippen LogP contribution in [-0.4, -0.2) is 9.97 Å². The molecule has 3 rings (SSSR count). The van der Waals surface area contributed by atoms with Crippen LogP contribution in [0.2, 0.25) is 5.02 Å². The lowest BCUT2D eigenvalue weighted by Gasteiger charge is -2.26. The lowest BCUT2D eigenvalue weighted by Crippen LogP contribution is -2.13. The minimum Gasteiger partial charge on any atom is -0.236 e. The summed E-state index contributed by atoms with van der Waals surface area (Å²) in [6, 6.07) is 4.57. The van der Waals surface area contributed by atoms with Crippen LogP contribution in [0.1, 0.15) is 51.0 Å². The van der Waals surface area contributed by atoms with Crippen molar-refractivity contribution < 1.29 is 4.39 Å². The van der Waals surface area contributed by atoms with Gasteiger partial charge in [0.2, 0.25) is 0 Å². The molecule has 0 amide bonds. The topological polar surface area (TPSA) is 25.8 Å². The first-order valence-electron chi connectivity index (χ1n) is 9.58. The highest BCUT2D eigenvalue weighted by molar-refractivity contribution is 6.31. The molecule has 1 saturated carbocycles. The SMILES string of the molecule is CCC=C[C@H]1CC[C@H](CCc2cnc(-c3ccc(F)c(Cl)c3)nc2)CC1. The molecule has 1 aromatic heterocycles. The van der Waals surface area contributed by atoms with E-state index in [-0.39, 0.29) is 5.02 Å². The number of allylic oxidation sites excluding steroid dienone is 2. The first-order valence-corrected chi connectivity index (χ1v) is 9.96. The quantitative estimate of drug-likeness (QED) is 0.531. The van der Waals surface area contributed by atoms with Crippen LogP contribution in [0.3, 0.4) is 0 Å². The summed E-state index contributed by atoms with van der Waals surface area (Å²) < 4.78 is 13.3. The van der Waals surface area contributed by atoms with Gasteiger partial charge in [-0.05, 0) is 80.5 Å². The van der Waals surface area contributed by atoms with Crippen molar-refractivity contribution in [2.24, 2.45) is 11.8 Å². The molecular formula is C22H26ClFN2. The predicted molar refractivity (Wildman–Crippen MR) is 106 cm³/mol. The van der Waals surface area contributed by atoms with E-state index in [4.69, 9.17) is 11.6 Å². The number of aromatic nitrogens is 2. The van der Waals surface area contributed by atoms with Crippen molar-refractivity contribution in [1.29, 1.82) is 0 Å². The van der Waals surface area contributed by atoms with Crippen molar-refractivity contribution in [2.75, 3.05) is 0 Å². The fourth-order valence-corrected chi connectivity index (χ4v) is 3.82. The van der Waals surface area contributed by atoms with E-state index >= 15 is 0 Å². The van der Waals surface area contributed by atoms with Crippen LogP contribution in [0.25, 0.3) is 11.4 Å². The van der Waals surface area contributed by atoms with Crippen LogP contribution in [0.4, 0.5) is 4.39 Å². The normalized spacial score (nSPS) is 20.6. The van der Waals surface area contributed by atoms with Gasteiger partial charge in [0.05, 0.1) is 5.02 Å². The van der Waals surface area contributed by atoms with Crippen LogP contribution in [0.15, 0.2) is 42.7 Å². The average molecular weight is 373 g/mol. The van der Waals surface area contributed by atoms with Crippen LogP contribution in [-0.2, 0) is 6.42 Å². The van der Waals surface area contributed by atoms with Gasteiger partial charge in [-0.15, -0.1) is 0 Å². The Balaban J connectivity index is 1.50. The van der Waals surface area contributed by atoms with Crippen LogP contribution in [0.5, 0.6) is 0 Å². The number of benzene rings is 1. The molecule has 1 aliphatic carbocycles. The Morgan fingerprint density at radius 1 is 1.15 bits per heavy atom. The molecule has 0 atom stereocenters. The van der Waals surface area contributed by atoms with Crippen molar-refractivity contribution in [3.8, 4) is 11.4 Å². The van der Waals surface area contributed by atoms with Gasteiger partial charge in [-0.25, -0.2) is 14.4 Å². The van der Waals surface area contributed by atoms with E-state index in [1.165, 1.54) is 38.2 Å². The van der Waals surface area contributed by atoms with Gasteiger partial charge in [-0.1, -0.05) is 30.7 Å². The second kappa shape index (κ2) is 9.27. The summed E-state index contributed by atoms with van der Waals surface area (Å²) >= 11 is 5.83. The van der Waals surface area contributed by atoms with Crippen LogP contribution in [0, 0.1) is 17.7 Å². The molecule has 2 aromatic rings. The molecule has 1 heterocycles. The summed E-state index contributed by atoms with van der Waals surface area (Å²) in [5.74, 6) is 1.76. The third kappa shape index (κ3) is 5.14. The number of hydrogen-bond donors (Lipinski definition) is 0. The molecule has 26 heavy (non-hydrogen) atoms. The van der Waals surface area contributed by atoms with Gasteiger partial charge in [0.1, 0.15) is 5.82 Å². The second-order valence-electron chi connectivity index (χ2n) is 7.20. The minimum atomic E-state index is -0.424. The number of hydrogen-bond acceptors (Lipinski definition) is 2. The van der Waals surface area contributed by atoms with Gasteiger partial charge in [0.15, 0.2) is 5.82 Å². The Morgan fingerprint density at radius 3 is 2.54 bits per heavy atom. The van der Waals surface area contributed by atoms with Crippen LogP contribution >= 0.6 is 11.6 Å². The Bertz CT molecular complexity index is 734. The Hall–Kier alpha value is -1.74. The molecule has 4 heteroatoms. The number of nitrogens with zero attached hydrogens (tertiary/aromatic N) is 2. The summed E-state index contributed by atoms with van der Waals surface area (Å²) in [6.45, 7) is 2.19. The molecule has 0 radical (unpaired) electrons. The minimum absolute atomic E-state index is 0.0968. The van der Waals surface area contributed by atoms with Crippen molar-refractivity contribution >= 4 is 11.6 Å². The van der Waals surface area contributed by atoms with E-state index in [0.29, 0.717) is 5.82 Å². The van der Waals surface area contributed by atoms with Crippen molar-refractivity contribution in [2.45, 2.75) is 51.9 Å². The fraction of sp³-hybridized carbons (Fsp3) is 0.455. The van der Waals surface area contributed by atoms with Crippen molar-refractivity contribution in [3.63, 3.8) is 0 Å². The van der Waals surface area contributed by atoms with Gasteiger partial charge >= 0.3 is 0 Å². The Morgan fingerprint density at radius 2 is 1.88 bits per heavy atom. The van der Waals surface area contributed by atoms with E-state index in [1.54, 1.807) is 12.1 Å². The zero-order valence-electron chi connectivity index (χ0n) is 15.3. The van der Waals surface area contributed by atoms with Gasteiger partial charge in [-0.3, -0.25) is 0 Å². The van der Waals surface area contributed by atoms with Gasteiger partial charge in [0, 0.05) is 18.0 Å². The predicted octanol–water partition coefficient (Wildman–Crippen LogP) is 6.64. The third-order valence-corrected chi connectivity index (χ3v) is 5.55. The van der Waals surface area contributed by atoms with E-state index in [2.05, 4.69) is 29.0 Å². The molecule has 0 bridgehead atoms. The summed E-state index contributed by atoms with van der Waals surface area (Å²) in [7, 11) is 0. The smallest absolute Gasteiger partial charge is 0.159 e. The zero-order chi connectivity index (χ0) is 18.4. The molecule has 1 aliphatic rings. The van der Waals surface area contributed by atoms with E-state index in [0.717, 1.165) is 35.8 Å². The summed E-state index contributed by atoms with van der Waals surface area (Å²) in [5, 5.41) is 0.0968. The first-order chi connectivity index (χ1) is 12.7. The summed E-state index contributed by atoms with van der Waals surface area (Å²) in [5.41, 5.74) is 1.90. The van der Waals surface area contributed by atoms with Crippen LogP contribution < -0.4 is 0 Å². The van der Waals surface area contributed by atoms with Crippen molar-refractivity contribution in [3.05, 3.63) is 59.1 Å². The maximum absolute atomic E-state index is 13.3. The fourth-order valence-electron chi connectivity index (χ4n) is 3.64. The molecule has 0 unspecified atom stereocenters. The molecule has 2 nitrogen and oxygen atoms in total. The molecular weight excluding hydrogens is 347 g/mol. The molecule has 0 spiro atoms. The Kier molecular flexibility index (Phi) is 6.79. The number of rotatable bonds is 6.